The second kappa shape index (κ2) is 6.17. The zero-order valence-corrected chi connectivity index (χ0v) is 11.0. The molecular weight excluding hydrogens is 212 g/mol. The molecule has 1 atom stereocenters. The molecule has 0 amide bonds. The third-order valence-electron chi connectivity index (χ3n) is 3.64. The average Bonchev–Trinajstić information content (AvgIpc) is 2.74. The van der Waals surface area contributed by atoms with E-state index in [1.165, 1.54) is 25.2 Å². The van der Waals surface area contributed by atoms with Crippen LogP contribution in [0.4, 0.5) is 0 Å². The molecule has 0 aromatic carbocycles. The van der Waals surface area contributed by atoms with Gasteiger partial charge in [-0.1, -0.05) is 13.3 Å². The van der Waals surface area contributed by atoms with Gasteiger partial charge in [0.25, 0.3) is 0 Å². The molecule has 0 aliphatic carbocycles. The van der Waals surface area contributed by atoms with Crippen LogP contribution in [0.25, 0.3) is 0 Å². The number of nitrogens with zero attached hydrogens (tertiary/aromatic N) is 3. The van der Waals surface area contributed by atoms with E-state index in [1.54, 1.807) is 0 Å². The summed E-state index contributed by atoms with van der Waals surface area (Å²) in [6.45, 7) is 6.85. The molecule has 0 bridgehead atoms. The minimum Gasteiger partial charge on any atom is -0.338 e. The van der Waals surface area contributed by atoms with Gasteiger partial charge < -0.3 is 9.88 Å². The van der Waals surface area contributed by atoms with E-state index in [0.717, 1.165) is 26.1 Å². The Hall–Kier alpha value is -0.870. The maximum atomic E-state index is 4.39. The van der Waals surface area contributed by atoms with Gasteiger partial charge in [-0.2, -0.15) is 0 Å². The molecule has 1 aliphatic rings. The van der Waals surface area contributed by atoms with Crippen molar-refractivity contribution < 1.29 is 0 Å². The standard InChI is InChI=1S/C13H24N4/c1-3-4-12-11-14-6-10-17(12)8-5-13-15-7-9-16(13)2/h7,9,12,14H,3-6,8,10-11H2,1-2H3. The Morgan fingerprint density at radius 3 is 3.12 bits per heavy atom. The van der Waals surface area contributed by atoms with Crippen LogP contribution in [-0.2, 0) is 13.5 Å². The number of piperazine rings is 1. The van der Waals surface area contributed by atoms with Gasteiger partial charge in [-0.25, -0.2) is 4.98 Å². The van der Waals surface area contributed by atoms with Crippen molar-refractivity contribution in [3.8, 4) is 0 Å². The molecule has 2 heterocycles. The molecule has 1 fully saturated rings. The van der Waals surface area contributed by atoms with Crippen LogP contribution < -0.4 is 5.32 Å². The quantitative estimate of drug-likeness (QED) is 0.829. The van der Waals surface area contributed by atoms with Crippen molar-refractivity contribution in [1.82, 2.24) is 19.8 Å². The Kier molecular flexibility index (Phi) is 4.57. The van der Waals surface area contributed by atoms with E-state index in [-0.39, 0.29) is 0 Å². The summed E-state index contributed by atoms with van der Waals surface area (Å²) >= 11 is 0. The van der Waals surface area contributed by atoms with Crippen LogP contribution in [-0.4, -0.2) is 46.7 Å². The first-order chi connectivity index (χ1) is 8.31. The highest BCUT2D eigenvalue weighted by atomic mass is 15.2. The lowest BCUT2D eigenvalue weighted by molar-refractivity contribution is 0.153. The van der Waals surface area contributed by atoms with E-state index in [0.29, 0.717) is 6.04 Å². The van der Waals surface area contributed by atoms with E-state index in [2.05, 4.69) is 33.7 Å². The summed E-state index contributed by atoms with van der Waals surface area (Å²) < 4.78 is 2.12. The molecule has 96 valence electrons. The highest BCUT2D eigenvalue weighted by Gasteiger charge is 2.20. The Bertz CT molecular complexity index is 332. The molecular formula is C13H24N4. The highest BCUT2D eigenvalue weighted by Crippen LogP contribution is 2.10. The van der Waals surface area contributed by atoms with Gasteiger partial charge in [0.05, 0.1) is 0 Å². The topological polar surface area (TPSA) is 33.1 Å². The summed E-state index contributed by atoms with van der Waals surface area (Å²) in [5.41, 5.74) is 0. The zero-order chi connectivity index (χ0) is 12.1. The lowest BCUT2D eigenvalue weighted by atomic mass is 10.1. The van der Waals surface area contributed by atoms with E-state index >= 15 is 0 Å². The molecule has 1 aromatic rings. The Morgan fingerprint density at radius 2 is 2.41 bits per heavy atom. The maximum absolute atomic E-state index is 4.39. The van der Waals surface area contributed by atoms with Crippen molar-refractivity contribution in [2.45, 2.75) is 32.2 Å². The number of rotatable bonds is 5. The van der Waals surface area contributed by atoms with Crippen molar-refractivity contribution in [3.63, 3.8) is 0 Å². The van der Waals surface area contributed by atoms with Gasteiger partial charge in [-0.15, -0.1) is 0 Å². The molecule has 4 nitrogen and oxygen atoms in total. The number of imidazole rings is 1. The lowest BCUT2D eigenvalue weighted by Gasteiger charge is -2.36. The SMILES string of the molecule is CCCC1CNCCN1CCc1nccn1C. The minimum atomic E-state index is 0.717. The second-order valence-electron chi connectivity index (χ2n) is 4.89. The van der Waals surface area contributed by atoms with E-state index in [9.17, 15) is 0 Å². The van der Waals surface area contributed by atoms with Gasteiger partial charge in [0, 0.05) is 58.1 Å². The predicted octanol–water partition coefficient (Wildman–Crippen LogP) is 1.04. The maximum Gasteiger partial charge on any atom is 0.109 e. The van der Waals surface area contributed by atoms with Crippen molar-refractivity contribution in [2.24, 2.45) is 7.05 Å². The molecule has 0 spiro atoms. The average molecular weight is 236 g/mol. The van der Waals surface area contributed by atoms with Gasteiger partial charge in [-0.3, -0.25) is 4.90 Å². The second-order valence-corrected chi connectivity index (χ2v) is 4.89. The molecule has 1 unspecified atom stereocenters. The molecule has 1 aromatic heterocycles. The Labute approximate surface area is 104 Å². The van der Waals surface area contributed by atoms with Crippen LogP contribution in [0.5, 0.6) is 0 Å². The number of hydrogen-bond acceptors (Lipinski definition) is 3. The third kappa shape index (κ3) is 3.30. The minimum absolute atomic E-state index is 0.717. The fraction of sp³-hybridized carbons (Fsp3) is 0.769. The highest BCUT2D eigenvalue weighted by molar-refractivity contribution is 4.92. The smallest absolute Gasteiger partial charge is 0.109 e. The van der Waals surface area contributed by atoms with Crippen LogP contribution in [0.1, 0.15) is 25.6 Å². The number of aromatic nitrogens is 2. The van der Waals surface area contributed by atoms with E-state index in [4.69, 9.17) is 0 Å². The molecule has 1 saturated heterocycles. The summed E-state index contributed by atoms with van der Waals surface area (Å²) in [7, 11) is 2.07. The Balaban J connectivity index is 1.86. The molecule has 0 radical (unpaired) electrons. The largest absolute Gasteiger partial charge is 0.338 e. The summed E-state index contributed by atoms with van der Waals surface area (Å²) in [6.07, 6.45) is 7.54. The van der Waals surface area contributed by atoms with Gasteiger partial charge >= 0.3 is 0 Å². The van der Waals surface area contributed by atoms with Gasteiger partial charge in [0.1, 0.15) is 5.82 Å². The number of aryl methyl sites for hydroxylation is 1. The van der Waals surface area contributed by atoms with Gasteiger partial charge in [0.15, 0.2) is 0 Å². The number of hydrogen-bond donors (Lipinski definition) is 1. The summed E-state index contributed by atoms with van der Waals surface area (Å²) in [5.74, 6) is 1.19. The lowest BCUT2D eigenvalue weighted by Crippen LogP contribution is -2.51. The van der Waals surface area contributed by atoms with Crippen LogP contribution in [0.3, 0.4) is 0 Å². The fourth-order valence-corrected chi connectivity index (χ4v) is 2.60. The normalized spacial score (nSPS) is 21.9. The first-order valence-electron chi connectivity index (χ1n) is 6.72. The van der Waals surface area contributed by atoms with Crippen molar-refractivity contribution in [2.75, 3.05) is 26.2 Å². The van der Waals surface area contributed by atoms with E-state index < -0.39 is 0 Å². The third-order valence-corrected chi connectivity index (χ3v) is 3.64. The van der Waals surface area contributed by atoms with Crippen molar-refractivity contribution >= 4 is 0 Å². The van der Waals surface area contributed by atoms with Crippen LogP contribution in [0.15, 0.2) is 12.4 Å². The van der Waals surface area contributed by atoms with Crippen LogP contribution >= 0.6 is 0 Å². The molecule has 1 aliphatic heterocycles. The first-order valence-corrected chi connectivity index (χ1v) is 6.72. The Morgan fingerprint density at radius 1 is 1.53 bits per heavy atom. The zero-order valence-electron chi connectivity index (χ0n) is 11.0. The van der Waals surface area contributed by atoms with Crippen molar-refractivity contribution in [3.05, 3.63) is 18.2 Å². The van der Waals surface area contributed by atoms with Gasteiger partial charge in [0.2, 0.25) is 0 Å². The van der Waals surface area contributed by atoms with Crippen molar-refractivity contribution in [1.29, 1.82) is 0 Å². The summed E-state index contributed by atoms with van der Waals surface area (Å²) in [5, 5.41) is 3.49. The molecule has 17 heavy (non-hydrogen) atoms. The molecule has 0 saturated carbocycles. The molecule has 4 heteroatoms. The van der Waals surface area contributed by atoms with Crippen LogP contribution in [0, 0.1) is 0 Å². The first kappa shape index (κ1) is 12.6. The summed E-state index contributed by atoms with van der Waals surface area (Å²) in [4.78, 5) is 7.01. The van der Waals surface area contributed by atoms with Gasteiger partial charge in [-0.05, 0) is 6.42 Å². The predicted molar refractivity (Wildman–Crippen MR) is 70.1 cm³/mol. The monoisotopic (exact) mass is 236 g/mol. The number of nitrogens with one attached hydrogen (secondary N) is 1. The fourth-order valence-electron chi connectivity index (χ4n) is 2.60. The van der Waals surface area contributed by atoms with Crippen LogP contribution in [0.2, 0.25) is 0 Å². The molecule has 2 rings (SSSR count). The van der Waals surface area contributed by atoms with E-state index in [1.807, 2.05) is 12.4 Å². The summed E-state index contributed by atoms with van der Waals surface area (Å²) in [6, 6.07) is 0.717. The molecule has 1 N–H and O–H groups in total.